The second-order valence-corrected chi connectivity index (χ2v) is 16.5. The Kier molecular flexibility index (Phi) is 11.0. The Morgan fingerprint density at radius 1 is 0.565 bits per heavy atom. The van der Waals surface area contributed by atoms with Crippen LogP contribution in [0.15, 0.2) is 118 Å². The van der Waals surface area contributed by atoms with E-state index in [-0.39, 0.29) is 47.1 Å². The van der Waals surface area contributed by atoms with Crippen LogP contribution < -0.4 is 50.4 Å². The van der Waals surface area contributed by atoms with Gasteiger partial charge in [0.25, 0.3) is 11.1 Å². The molecule has 4 heterocycles. The number of nitrogens with two attached hydrogens (primary N) is 2. The van der Waals surface area contributed by atoms with Gasteiger partial charge in [-0.25, -0.2) is 0 Å². The zero-order valence-electron chi connectivity index (χ0n) is 33.2. The maximum atomic E-state index is 13.7. The van der Waals surface area contributed by atoms with Gasteiger partial charge >= 0.3 is 0 Å². The number of fused-ring (bicyclic) bond motifs is 2. The van der Waals surface area contributed by atoms with E-state index >= 15 is 0 Å². The van der Waals surface area contributed by atoms with Gasteiger partial charge in [-0.15, -0.1) is 22.7 Å². The van der Waals surface area contributed by atoms with E-state index in [9.17, 15) is 30.6 Å². The molecule has 0 saturated heterocycles. The van der Waals surface area contributed by atoms with E-state index in [2.05, 4.69) is 24.3 Å². The molecule has 2 aliphatic heterocycles. The minimum atomic E-state index is -0.925. The Balaban J connectivity index is 1.10. The summed E-state index contributed by atoms with van der Waals surface area (Å²) in [6.45, 7) is 3.95. The van der Waals surface area contributed by atoms with Gasteiger partial charge in [0.15, 0.2) is 0 Å². The maximum Gasteiger partial charge on any atom is 0.274 e. The number of nitriles is 4. The molecule has 2 aliphatic rings. The van der Waals surface area contributed by atoms with Gasteiger partial charge in [-0.2, -0.15) is 21.0 Å². The van der Waals surface area contributed by atoms with E-state index in [1.807, 2.05) is 62.4 Å². The standard InChI is InChI=1S/C48H34N8O4S2/c1-27-11-15-29(16-12-27)21-39-45(57)55-43(53)33(23-49)41(35(25-51)47(55)61-39)31-7-3-5-9-37(31)59-19-20-60-38-10-6-4-8-32(38)42-34(24-50)44(54)56-46(58)40(62-48(56)36(42)26-52)22-30-17-13-28(2)14-18-30/h3-18,21-22,41-42H,19-20,53-54H2,1-2H3/b39-21+,40-22+. The van der Waals surface area contributed by atoms with Gasteiger partial charge in [0, 0.05) is 11.1 Å². The average Bonchev–Trinajstić information content (AvgIpc) is 3.78. The summed E-state index contributed by atoms with van der Waals surface area (Å²) >= 11 is 2.26. The summed E-state index contributed by atoms with van der Waals surface area (Å²) in [6, 6.07) is 38.1. The van der Waals surface area contributed by atoms with Crippen molar-refractivity contribution in [3.63, 3.8) is 0 Å². The van der Waals surface area contributed by atoms with Crippen LogP contribution >= 0.6 is 22.7 Å². The number of aryl methyl sites for hydroxylation is 2. The summed E-state index contributed by atoms with van der Waals surface area (Å²) in [5, 5.41) is 42.0. The highest BCUT2D eigenvalue weighted by Crippen LogP contribution is 2.41. The van der Waals surface area contributed by atoms with Crippen molar-refractivity contribution < 1.29 is 9.47 Å². The van der Waals surface area contributed by atoms with Crippen LogP contribution in [0.3, 0.4) is 0 Å². The lowest BCUT2D eigenvalue weighted by molar-refractivity contribution is 0.214. The maximum absolute atomic E-state index is 13.7. The third-order valence-electron chi connectivity index (χ3n) is 10.6. The molecule has 14 heteroatoms. The smallest absolute Gasteiger partial charge is 0.274 e. The second-order valence-electron chi connectivity index (χ2n) is 14.4. The number of aromatic nitrogens is 2. The molecular weight excluding hydrogens is 817 g/mol. The van der Waals surface area contributed by atoms with Gasteiger partial charge in [0.05, 0.1) is 67.5 Å². The number of para-hydroxylation sites is 2. The Hall–Kier alpha value is -8.14. The van der Waals surface area contributed by atoms with E-state index in [1.165, 1.54) is 9.13 Å². The summed E-state index contributed by atoms with van der Waals surface area (Å²) < 4.78 is 16.4. The molecule has 8 rings (SSSR count). The van der Waals surface area contributed by atoms with Crippen molar-refractivity contribution in [2.75, 3.05) is 13.2 Å². The molecule has 2 aromatic heterocycles. The SMILES string of the molecule is Cc1ccc(/C=c2/sc3n(c2=O)C(N)=C(C#N)C(c2ccccc2OCCOc2ccccc2C2C(C#N)=C(N)n4c(s/c(=C/c5ccc(C)cc5)c4=O)=C2C#N)C=3C#N)cc1. The monoisotopic (exact) mass is 850 g/mol. The number of thiazole rings is 2. The van der Waals surface area contributed by atoms with Gasteiger partial charge in [-0.1, -0.05) is 96.1 Å². The molecule has 0 saturated carbocycles. The first-order valence-electron chi connectivity index (χ1n) is 19.2. The minimum Gasteiger partial charge on any atom is -0.490 e. The number of hydrogen-bond donors (Lipinski definition) is 2. The summed E-state index contributed by atoms with van der Waals surface area (Å²) in [7, 11) is 0. The Morgan fingerprint density at radius 2 is 0.919 bits per heavy atom. The highest BCUT2D eigenvalue weighted by Gasteiger charge is 2.35. The quantitative estimate of drug-likeness (QED) is 0.199. The number of allylic oxidation sites excluding steroid dienone is 2. The fourth-order valence-electron chi connectivity index (χ4n) is 7.56. The first-order chi connectivity index (χ1) is 30.1. The van der Waals surface area contributed by atoms with Crippen LogP contribution in [-0.2, 0) is 0 Å². The van der Waals surface area contributed by atoms with Crippen LogP contribution in [0.5, 0.6) is 11.5 Å². The number of benzene rings is 4. The minimum absolute atomic E-state index is 0.00561. The molecule has 6 aromatic rings. The van der Waals surface area contributed by atoms with Gasteiger partial charge in [-0.3, -0.25) is 18.7 Å². The first-order valence-corrected chi connectivity index (χ1v) is 20.8. The predicted octanol–water partition coefficient (Wildman–Crippen LogP) is 4.11. The molecule has 0 bridgehead atoms. The summed E-state index contributed by atoms with van der Waals surface area (Å²) in [5.74, 6) is -1.24. The Morgan fingerprint density at radius 3 is 1.27 bits per heavy atom. The zero-order valence-corrected chi connectivity index (χ0v) is 34.9. The number of rotatable bonds is 9. The number of ether oxygens (including phenoxy) is 2. The van der Waals surface area contributed by atoms with Crippen LogP contribution in [0.1, 0.15) is 45.2 Å². The number of nitrogens with zero attached hydrogens (tertiary/aromatic N) is 6. The molecule has 2 unspecified atom stereocenters. The second kappa shape index (κ2) is 16.8. The molecule has 0 fully saturated rings. The lowest BCUT2D eigenvalue weighted by Crippen LogP contribution is -2.38. The van der Waals surface area contributed by atoms with Crippen molar-refractivity contribution in [2.24, 2.45) is 11.5 Å². The molecule has 0 aliphatic carbocycles. The molecule has 0 radical (unpaired) electrons. The normalized spacial score (nSPS) is 16.2. The molecule has 0 amide bonds. The van der Waals surface area contributed by atoms with Crippen molar-refractivity contribution in [3.05, 3.63) is 181 Å². The summed E-state index contributed by atoms with van der Waals surface area (Å²) in [5.41, 5.74) is 17.4. The van der Waals surface area contributed by atoms with Crippen molar-refractivity contribution in [3.8, 4) is 35.8 Å². The van der Waals surface area contributed by atoms with Crippen LogP contribution in [0.25, 0.3) is 34.9 Å². The highest BCUT2D eigenvalue weighted by atomic mass is 32.1. The van der Waals surface area contributed by atoms with Crippen LogP contribution in [0.2, 0.25) is 0 Å². The molecule has 302 valence electrons. The number of hydrogen-bond acceptors (Lipinski definition) is 12. The van der Waals surface area contributed by atoms with E-state index in [0.717, 1.165) is 44.9 Å². The molecule has 2 atom stereocenters. The van der Waals surface area contributed by atoms with E-state index in [1.54, 1.807) is 60.7 Å². The fraction of sp³-hybridized carbons (Fsp3) is 0.125. The van der Waals surface area contributed by atoms with Crippen LogP contribution in [0.4, 0.5) is 0 Å². The Labute approximate surface area is 362 Å². The lowest BCUT2D eigenvalue weighted by atomic mass is 9.84. The van der Waals surface area contributed by atoms with Crippen molar-refractivity contribution in [1.29, 1.82) is 21.0 Å². The zero-order chi connectivity index (χ0) is 43.7. The average molecular weight is 851 g/mol. The van der Waals surface area contributed by atoms with E-state index < -0.39 is 23.0 Å². The Bertz CT molecular complexity index is 3220. The van der Waals surface area contributed by atoms with Crippen molar-refractivity contribution in [1.82, 2.24) is 9.13 Å². The topological polar surface area (TPSA) is 210 Å². The van der Waals surface area contributed by atoms with Crippen LogP contribution in [-0.4, -0.2) is 22.3 Å². The first kappa shape index (κ1) is 40.6. The van der Waals surface area contributed by atoms with E-state index in [4.69, 9.17) is 20.9 Å². The molecule has 12 nitrogen and oxygen atoms in total. The predicted molar refractivity (Wildman–Crippen MR) is 239 cm³/mol. The summed E-state index contributed by atoms with van der Waals surface area (Å²) in [4.78, 5) is 27.3. The molecule has 4 N–H and O–H groups in total. The molecule has 4 aromatic carbocycles. The van der Waals surface area contributed by atoms with Gasteiger partial charge in [0.1, 0.15) is 45.7 Å². The lowest BCUT2D eigenvalue weighted by Gasteiger charge is -2.25. The van der Waals surface area contributed by atoms with Crippen molar-refractivity contribution in [2.45, 2.75) is 25.7 Å². The van der Waals surface area contributed by atoms with Gasteiger partial charge in [-0.05, 0) is 49.3 Å². The largest absolute Gasteiger partial charge is 0.490 e. The molecule has 62 heavy (non-hydrogen) atoms. The van der Waals surface area contributed by atoms with E-state index in [0.29, 0.717) is 41.0 Å². The molecular formula is C48H34N8O4S2. The van der Waals surface area contributed by atoms with Crippen molar-refractivity contribution >= 4 is 57.6 Å². The third kappa shape index (κ3) is 7.16. The molecule has 0 spiro atoms. The van der Waals surface area contributed by atoms with Gasteiger partial charge in [0.2, 0.25) is 0 Å². The summed E-state index contributed by atoms with van der Waals surface area (Å²) in [6.07, 6.45) is 3.47. The fourth-order valence-corrected chi connectivity index (χ4v) is 9.81. The third-order valence-corrected chi connectivity index (χ3v) is 12.8. The van der Waals surface area contributed by atoms with Gasteiger partial charge < -0.3 is 20.9 Å². The highest BCUT2D eigenvalue weighted by molar-refractivity contribution is 7.07. The van der Waals surface area contributed by atoms with Crippen LogP contribution in [0, 0.1) is 59.2 Å².